The summed E-state index contributed by atoms with van der Waals surface area (Å²) in [6.07, 6.45) is 3.84. The Labute approximate surface area is 98.5 Å². The van der Waals surface area contributed by atoms with Crippen molar-refractivity contribution in [3.63, 3.8) is 0 Å². The van der Waals surface area contributed by atoms with Crippen LogP contribution < -0.4 is 4.90 Å². The predicted octanol–water partition coefficient (Wildman–Crippen LogP) is 2.01. The quantitative estimate of drug-likeness (QED) is 0.819. The van der Waals surface area contributed by atoms with Crippen LogP contribution >= 0.6 is 0 Å². The summed E-state index contributed by atoms with van der Waals surface area (Å²) in [7, 11) is 0. The Morgan fingerprint density at radius 2 is 2.18 bits per heavy atom. The normalized spacial score (nSPS) is 11.7. The van der Waals surface area contributed by atoms with Gasteiger partial charge in [0.1, 0.15) is 5.69 Å². The van der Waals surface area contributed by atoms with Crippen molar-refractivity contribution in [3.8, 4) is 0 Å². The molecule has 2 aromatic rings. The molecule has 0 aliphatic rings. The van der Waals surface area contributed by atoms with Crippen LogP contribution in [0.25, 0.3) is 5.65 Å². The zero-order valence-electron chi connectivity index (χ0n) is 9.95. The molecule has 6 nitrogen and oxygen atoms in total. The van der Waals surface area contributed by atoms with Gasteiger partial charge in [-0.15, -0.1) is 0 Å². The molecule has 0 spiro atoms. The first-order chi connectivity index (χ1) is 7.91. The summed E-state index contributed by atoms with van der Waals surface area (Å²) in [4.78, 5) is 16.8. The summed E-state index contributed by atoms with van der Waals surface area (Å²) in [6, 6.07) is 1.74. The first-order valence-electron chi connectivity index (χ1n) is 5.23. The standard InChI is InChI=1S/C11H14N4O2/c1-11(2,3)15(10(16)17)8-7-13-14-6-4-5-12-9(8)14/h4-7H,1-3H3,(H,16,17). The Balaban J connectivity index is 2.61. The van der Waals surface area contributed by atoms with E-state index in [1.807, 2.05) is 20.8 Å². The maximum Gasteiger partial charge on any atom is 0.412 e. The lowest BCUT2D eigenvalue weighted by atomic mass is 10.1. The van der Waals surface area contributed by atoms with Gasteiger partial charge in [-0.2, -0.15) is 5.10 Å². The van der Waals surface area contributed by atoms with E-state index in [-0.39, 0.29) is 0 Å². The van der Waals surface area contributed by atoms with Crippen LogP contribution in [-0.2, 0) is 0 Å². The van der Waals surface area contributed by atoms with Crippen molar-refractivity contribution in [1.82, 2.24) is 14.6 Å². The molecular weight excluding hydrogens is 220 g/mol. The van der Waals surface area contributed by atoms with E-state index >= 15 is 0 Å². The van der Waals surface area contributed by atoms with Crippen molar-refractivity contribution in [2.75, 3.05) is 4.90 Å². The molecule has 0 saturated heterocycles. The average molecular weight is 234 g/mol. The second-order valence-electron chi connectivity index (χ2n) is 4.71. The molecule has 0 unspecified atom stereocenters. The minimum Gasteiger partial charge on any atom is -0.465 e. The molecule has 0 atom stereocenters. The van der Waals surface area contributed by atoms with Gasteiger partial charge < -0.3 is 5.11 Å². The van der Waals surface area contributed by atoms with Crippen molar-refractivity contribution in [1.29, 1.82) is 0 Å². The minimum atomic E-state index is -1.02. The highest BCUT2D eigenvalue weighted by molar-refractivity contribution is 5.92. The molecule has 0 aliphatic carbocycles. The number of hydrogen-bond acceptors (Lipinski definition) is 3. The van der Waals surface area contributed by atoms with Gasteiger partial charge in [0.25, 0.3) is 0 Å². The Morgan fingerprint density at radius 3 is 2.76 bits per heavy atom. The fraction of sp³-hybridized carbons (Fsp3) is 0.364. The fourth-order valence-corrected chi connectivity index (χ4v) is 1.72. The Morgan fingerprint density at radius 1 is 1.47 bits per heavy atom. The molecule has 0 radical (unpaired) electrons. The third-order valence-electron chi connectivity index (χ3n) is 2.36. The third-order valence-corrected chi connectivity index (χ3v) is 2.36. The van der Waals surface area contributed by atoms with Crippen molar-refractivity contribution in [2.24, 2.45) is 0 Å². The fourth-order valence-electron chi connectivity index (χ4n) is 1.72. The molecule has 90 valence electrons. The lowest BCUT2D eigenvalue weighted by Gasteiger charge is -2.31. The first kappa shape index (κ1) is 11.4. The van der Waals surface area contributed by atoms with Gasteiger partial charge >= 0.3 is 6.09 Å². The van der Waals surface area contributed by atoms with Crippen LogP contribution in [0.1, 0.15) is 20.8 Å². The number of rotatable bonds is 1. The van der Waals surface area contributed by atoms with E-state index in [4.69, 9.17) is 0 Å². The van der Waals surface area contributed by atoms with Crippen molar-refractivity contribution in [3.05, 3.63) is 24.7 Å². The number of hydrogen-bond donors (Lipinski definition) is 1. The van der Waals surface area contributed by atoms with Gasteiger partial charge in [-0.3, -0.25) is 4.90 Å². The topological polar surface area (TPSA) is 70.7 Å². The zero-order chi connectivity index (χ0) is 12.6. The number of amides is 1. The van der Waals surface area contributed by atoms with E-state index in [2.05, 4.69) is 10.1 Å². The summed E-state index contributed by atoms with van der Waals surface area (Å²) in [5.74, 6) is 0. The SMILES string of the molecule is CC(C)(C)N(C(=O)O)c1cnn2cccnc12. The summed E-state index contributed by atoms with van der Waals surface area (Å²) in [5, 5.41) is 13.4. The van der Waals surface area contributed by atoms with Gasteiger partial charge in [0.2, 0.25) is 0 Å². The number of aromatic nitrogens is 3. The molecule has 0 bridgehead atoms. The van der Waals surface area contributed by atoms with Gasteiger partial charge in [0, 0.05) is 17.9 Å². The van der Waals surface area contributed by atoms with Crippen LogP contribution in [0, 0.1) is 0 Å². The summed E-state index contributed by atoms with van der Waals surface area (Å²) < 4.78 is 1.55. The molecule has 0 aliphatic heterocycles. The molecule has 2 aromatic heterocycles. The molecule has 2 rings (SSSR count). The van der Waals surface area contributed by atoms with Crippen LogP contribution in [-0.4, -0.2) is 31.3 Å². The Bertz CT molecular complexity index is 556. The van der Waals surface area contributed by atoms with Gasteiger partial charge in [-0.1, -0.05) is 0 Å². The smallest absolute Gasteiger partial charge is 0.412 e. The van der Waals surface area contributed by atoms with Gasteiger partial charge in [0.05, 0.1) is 6.20 Å². The van der Waals surface area contributed by atoms with E-state index < -0.39 is 11.6 Å². The molecule has 1 N–H and O–H groups in total. The van der Waals surface area contributed by atoms with E-state index in [1.54, 1.807) is 23.0 Å². The lowest BCUT2D eigenvalue weighted by molar-refractivity contribution is 0.195. The van der Waals surface area contributed by atoms with E-state index in [9.17, 15) is 9.90 Å². The Hall–Kier alpha value is -2.11. The highest BCUT2D eigenvalue weighted by atomic mass is 16.4. The predicted molar refractivity (Wildman–Crippen MR) is 63.2 cm³/mol. The summed E-state index contributed by atoms with van der Waals surface area (Å²) in [6.45, 7) is 5.48. The monoisotopic (exact) mass is 234 g/mol. The molecule has 17 heavy (non-hydrogen) atoms. The second-order valence-corrected chi connectivity index (χ2v) is 4.71. The van der Waals surface area contributed by atoms with E-state index in [1.165, 1.54) is 11.1 Å². The van der Waals surface area contributed by atoms with Crippen molar-refractivity contribution in [2.45, 2.75) is 26.3 Å². The lowest BCUT2D eigenvalue weighted by Crippen LogP contribution is -2.45. The number of carboxylic acid groups (broad SMARTS) is 1. The first-order valence-corrected chi connectivity index (χ1v) is 5.23. The van der Waals surface area contributed by atoms with Crippen LogP contribution in [0.5, 0.6) is 0 Å². The molecular formula is C11H14N4O2. The second kappa shape index (κ2) is 3.73. The largest absolute Gasteiger partial charge is 0.465 e. The van der Waals surface area contributed by atoms with Gasteiger partial charge in [-0.25, -0.2) is 14.3 Å². The maximum atomic E-state index is 11.3. The third kappa shape index (κ3) is 1.93. The molecule has 0 saturated carbocycles. The number of anilines is 1. The van der Waals surface area contributed by atoms with Crippen LogP contribution in [0.4, 0.5) is 10.5 Å². The van der Waals surface area contributed by atoms with Crippen molar-refractivity contribution < 1.29 is 9.90 Å². The van der Waals surface area contributed by atoms with E-state index in [0.29, 0.717) is 11.3 Å². The highest BCUT2D eigenvalue weighted by Crippen LogP contribution is 2.26. The highest BCUT2D eigenvalue weighted by Gasteiger charge is 2.30. The van der Waals surface area contributed by atoms with Crippen LogP contribution in [0.3, 0.4) is 0 Å². The summed E-state index contributed by atoms with van der Waals surface area (Å²) in [5.41, 5.74) is 0.475. The molecule has 6 heteroatoms. The molecule has 2 heterocycles. The molecule has 0 aromatic carbocycles. The van der Waals surface area contributed by atoms with Crippen LogP contribution in [0.15, 0.2) is 24.7 Å². The van der Waals surface area contributed by atoms with Crippen LogP contribution in [0.2, 0.25) is 0 Å². The molecule has 0 fully saturated rings. The maximum absolute atomic E-state index is 11.3. The Kier molecular flexibility index (Phi) is 2.49. The zero-order valence-corrected chi connectivity index (χ0v) is 9.95. The van der Waals surface area contributed by atoms with E-state index in [0.717, 1.165) is 0 Å². The minimum absolute atomic E-state index is 0.491. The van der Waals surface area contributed by atoms with Crippen molar-refractivity contribution >= 4 is 17.4 Å². The summed E-state index contributed by atoms with van der Waals surface area (Å²) >= 11 is 0. The van der Waals surface area contributed by atoms with Gasteiger partial charge in [-0.05, 0) is 26.8 Å². The number of fused-ring (bicyclic) bond motifs is 1. The average Bonchev–Trinajstić information content (AvgIpc) is 2.60. The van der Waals surface area contributed by atoms with Gasteiger partial charge in [0.15, 0.2) is 5.65 Å². The number of carbonyl (C=O) groups is 1. The molecule has 1 amide bonds. The number of nitrogens with zero attached hydrogens (tertiary/aromatic N) is 4.